The molecule has 0 N–H and O–H groups in total. The summed E-state index contributed by atoms with van der Waals surface area (Å²) >= 11 is 3.36. The van der Waals surface area contributed by atoms with Gasteiger partial charge in [-0.1, -0.05) is 0 Å². The van der Waals surface area contributed by atoms with Gasteiger partial charge >= 0.3 is 0 Å². The smallest absolute Gasteiger partial charge is 0.169 e. The van der Waals surface area contributed by atoms with Gasteiger partial charge in [0.2, 0.25) is 0 Å². The van der Waals surface area contributed by atoms with Crippen LogP contribution >= 0.6 is 15.9 Å². The molecule has 106 valence electrons. The Bertz CT molecular complexity index is 423. The normalized spacial score (nSPS) is 32.2. The first-order valence-electron chi connectivity index (χ1n) is 6.89. The van der Waals surface area contributed by atoms with E-state index in [1.165, 1.54) is 0 Å². The number of methoxy groups -OCH3 is 1. The molecule has 0 bridgehead atoms. The molecule has 2 fully saturated rings. The van der Waals surface area contributed by atoms with Gasteiger partial charge < -0.3 is 13.9 Å². The van der Waals surface area contributed by atoms with E-state index in [1.807, 2.05) is 19.2 Å². The fraction of sp³-hybridized carbons (Fsp3) is 0.714. The number of rotatable bonds is 3. The van der Waals surface area contributed by atoms with Crippen LogP contribution in [0, 0.1) is 0 Å². The van der Waals surface area contributed by atoms with E-state index in [2.05, 4.69) is 20.8 Å². The van der Waals surface area contributed by atoms with E-state index < -0.39 is 0 Å². The summed E-state index contributed by atoms with van der Waals surface area (Å²) in [7, 11) is 1.81. The second-order valence-electron chi connectivity index (χ2n) is 5.32. The van der Waals surface area contributed by atoms with Crippen LogP contribution in [0.25, 0.3) is 0 Å². The summed E-state index contributed by atoms with van der Waals surface area (Å²) in [6, 6.07) is 4.44. The van der Waals surface area contributed by atoms with Gasteiger partial charge in [-0.2, -0.15) is 0 Å². The summed E-state index contributed by atoms with van der Waals surface area (Å²) in [5.41, 5.74) is 0. The molecule has 1 aromatic rings. The highest BCUT2D eigenvalue weighted by Gasteiger charge is 2.38. The van der Waals surface area contributed by atoms with Crippen molar-refractivity contribution in [2.75, 3.05) is 20.3 Å². The molecule has 1 aliphatic carbocycles. The Balaban J connectivity index is 1.69. The van der Waals surface area contributed by atoms with Crippen LogP contribution in [0.2, 0.25) is 0 Å². The van der Waals surface area contributed by atoms with Crippen molar-refractivity contribution >= 4 is 15.9 Å². The fourth-order valence-electron chi connectivity index (χ4n) is 3.19. The molecule has 2 aliphatic rings. The summed E-state index contributed by atoms with van der Waals surface area (Å²) in [5, 5.41) is 0. The lowest BCUT2D eigenvalue weighted by molar-refractivity contribution is -0.117. The second-order valence-corrected chi connectivity index (χ2v) is 6.11. The predicted octanol–water partition coefficient (Wildman–Crippen LogP) is 2.81. The maximum Gasteiger partial charge on any atom is 0.169 e. The minimum absolute atomic E-state index is 0.360. The first kappa shape index (κ1) is 13.6. The highest BCUT2D eigenvalue weighted by Crippen LogP contribution is 2.31. The number of ether oxygens (including phenoxy) is 2. The van der Waals surface area contributed by atoms with Crippen molar-refractivity contribution in [1.29, 1.82) is 0 Å². The SMILES string of the molecule is CO[C@@H]1CC[C@H]2OCCN(Cc3ccc(Br)o3)[C@H]2C1. The van der Waals surface area contributed by atoms with E-state index in [4.69, 9.17) is 13.9 Å². The number of fused-ring (bicyclic) bond motifs is 1. The second kappa shape index (κ2) is 5.95. The molecule has 5 heteroatoms. The molecule has 0 amide bonds. The standard InChI is InChI=1S/C14H20BrNO3/c1-17-10-2-4-13-12(8-10)16(6-7-18-13)9-11-3-5-14(15)19-11/h3,5,10,12-13H,2,4,6-9H2,1H3/t10-,12+,13-/m1/s1. The Morgan fingerprint density at radius 1 is 1.42 bits per heavy atom. The van der Waals surface area contributed by atoms with E-state index in [9.17, 15) is 0 Å². The van der Waals surface area contributed by atoms with Crippen molar-refractivity contribution in [3.05, 3.63) is 22.6 Å². The van der Waals surface area contributed by atoms with Crippen LogP contribution in [0.15, 0.2) is 21.2 Å². The number of halogens is 1. The molecule has 3 atom stereocenters. The lowest BCUT2D eigenvalue weighted by Gasteiger charge is -2.45. The average Bonchev–Trinajstić information content (AvgIpc) is 2.84. The number of furan rings is 1. The van der Waals surface area contributed by atoms with Crippen LogP contribution in [0.3, 0.4) is 0 Å². The summed E-state index contributed by atoms with van der Waals surface area (Å²) in [5.74, 6) is 1.01. The van der Waals surface area contributed by atoms with Crippen LogP contribution in [0.4, 0.5) is 0 Å². The van der Waals surface area contributed by atoms with Gasteiger partial charge in [-0.25, -0.2) is 0 Å². The zero-order valence-corrected chi connectivity index (χ0v) is 12.8. The third-order valence-corrected chi connectivity index (χ3v) is 4.63. The quantitative estimate of drug-likeness (QED) is 0.854. The Kier molecular flexibility index (Phi) is 4.27. The fourth-order valence-corrected chi connectivity index (χ4v) is 3.53. The van der Waals surface area contributed by atoms with Crippen molar-refractivity contribution in [3.63, 3.8) is 0 Å². The van der Waals surface area contributed by atoms with E-state index in [-0.39, 0.29) is 0 Å². The van der Waals surface area contributed by atoms with Crippen LogP contribution in [-0.2, 0) is 16.0 Å². The molecule has 0 spiro atoms. The Hall–Kier alpha value is -0.360. The lowest BCUT2D eigenvalue weighted by Crippen LogP contribution is -2.54. The highest BCUT2D eigenvalue weighted by atomic mass is 79.9. The molecule has 0 radical (unpaired) electrons. The van der Waals surface area contributed by atoms with Crippen molar-refractivity contribution in [2.24, 2.45) is 0 Å². The number of morpholine rings is 1. The molecule has 1 aliphatic heterocycles. The maximum atomic E-state index is 5.91. The summed E-state index contributed by atoms with van der Waals surface area (Å²) in [6.45, 7) is 2.64. The van der Waals surface area contributed by atoms with Gasteiger partial charge in [0.1, 0.15) is 5.76 Å². The molecule has 1 saturated carbocycles. The zero-order chi connectivity index (χ0) is 13.2. The molecule has 4 nitrogen and oxygen atoms in total. The summed E-state index contributed by atoms with van der Waals surface area (Å²) in [6.07, 6.45) is 4.00. The van der Waals surface area contributed by atoms with Gasteiger partial charge in [0, 0.05) is 19.7 Å². The van der Waals surface area contributed by atoms with Crippen LogP contribution in [0.5, 0.6) is 0 Å². The average molecular weight is 330 g/mol. The molecular formula is C14H20BrNO3. The van der Waals surface area contributed by atoms with E-state index in [0.717, 1.165) is 49.4 Å². The van der Waals surface area contributed by atoms with Crippen molar-refractivity contribution in [1.82, 2.24) is 4.90 Å². The Morgan fingerprint density at radius 2 is 2.32 bits per heavy atom. The third kappa shape index (κ3) is 3.05. The molecule has 2 heterocycles. The first-order chi connectivity index (χ1) is 9.26. The molecular weight excluding hydrogens is 310 g/mol. The molecule has 1 saturated heterocycles. The molecule has 1 aromatic heterocycles. The van der Waals surface area contributed by atoms with Crippen LogP contribution < -0.4 is 0 Å². The van der Waals surface area contributed by atoms with Crippen molar-refractivity contribution in [2.45, 2.75) is 44.1 Å². The molecule has 0 aromatic carbocycles. The van der Waals surface area contributed by atoms with Gasteiger partial charge in [-0.05, 0) is 47.3 Å². The third-order valence-electron chi connectivity index (χ3n) is 4.21. The largest absolute Gasteiger partial charge is 0.453 e. The predicted molar refractivity (Wildman–Crippen MR) is 75.0 cm³/mol. The van der Waals surface area contributed by atoms with Crippen molar-refractivity contribution in [3.8, 4) is 0 Å². The summed E-state index contributed by atoms with van der Waals surface area (Å²) < 4.78 is 17.9. The van der Waals surface area contributed by atoms with Gasteiger partial charge in [-0.15, -0.1) is 0 Å². The zero-order valence-electron chi connectivity index (χ0n) is 11.2. The van der Waals surface area contributed by atoms with Gasteiger partial charge in [-0.3, -0.25) is 4.90 Å². The number of nitrogens with zero attached hydrogens (tertiary/aromatic N) is 1. The number of hydrogen-bond donors (Lipinski definition) is 0. The number of hydrogen-bond acceptors (Lipinski definition) is 4. The van der Waals surface area contributed by atoms with Gasteiger partial charge in [0.15, 0.2) is 4.67 Å². The summed E-state index contributed by atoms with van der Waals surface area (Å²) in [4.78, 5) is 2.48. The Labute approximate surface area is 122 Å². The lowest BCUT2D eigenvalue weighted by atomic mass is 9.88. The highest BCUT2D eigenvalue weighted by molar-refractivity contribution is 9.10. The van der Waals surface area contributed by atoms with Crippen LogP contribution in [0.1, 0.15) is 25.0 Å². The monoisotopic (exact) mass is 329 g/mol. The maximum absolute atomic E-state index is 5.91. The van der Waals surface area contributed by atoms with Gasteiger partial charge in [0.25, 0.3) is 0 Å². The van der Waals surface area contributed by atoms with Crippen LogP contribution in [-0.4, -0.2) is 43.4 Å². The van der Waals surface area contributed by atoms with E-state index in [0.29, 0.717) is 18.2 Å². The van der Waals surface area contributed by atoms with E-state index in [1.54, 1.807) is 0 Å². The molecule has 19 heavy (non-hydrogen) atoms. The molecule has 0 unspecified atom stereocenters. The Morgan fingerprint density at radius 3 is 3.05 bits per heavy atom. The van der Waals surface area contributed by atoms with Gasteiger partial charge in [0.05, 0.1) is 25.4 Å². The van der Waals surface area contributed by atoms with E-state index >= 15 is 0 Å². The molecule has 3 rings (SSSR count). The first-order valence-corrected chi connectivity index (χ1v) is 7.68. The topological polar surface area (TPSA) is 34.8 Å². The minimum atomic E-state index is 0.360. The van der Waals surface area contributed by atoms with Crippen molar-refractivity contribution < 1.29 is 13.9 Å². The minimum Gasteiger partial charge on any atom is -0.453 e.